The van der Waals surface area contributed by atoms with Crippen LogP contribution in [0.3, 0.4) is 0 Å². The summed E-state index contributed by atoms with van der Waals surface area (Å²) in [6.45, 7) is 54.7. The molecule has 266 valence electrons. The van der Waals surface area contributed by atoms with E-state index in [1.807, 2.05) is 13.8 Å². The monoisotopic (exact) mass is 595 g/mol. The third-order valence-electron chi connectivity index (χ3n) is 4.33. The summed E-state index contributed by atoms with van der Waals surface area (Å²) in [5, 5.41) is 0. The smallest absolute Gasteiger partial charge is 0.0383 e. The van der Waals surface area contributed by atoms with Crippen LogP contribution in [0.15, 0.2) is 0 Å². The summed E-state index contributed by atoms with van der Waals surface area (Å²) in [6, 6.07) is 0. The molecule has 0 aliphatic carbocycles. The molecule has 0 N–H and O–H groups in total. The second-order valence-corrected chi connectivity index (χ2v) is 14.6. The molecule has 0 nitrogen and oxygen atoms in total. The standard InChI is InChI=1S/C7H16.2C6H14.C5H12.2C4H10.2C3H8.C2H6.CH4/c1-5-6-7(2,3)4;2*1-5-6(2,3)4;1-3-5-4-2;1-4(2)3;1-3-4-2;2*1-3-2;1-2;/h5-6H2,1-4H3;2*5H2,1-4H3;3-5H2,1-2H3;4H,1-3H3;3-4H2,1-2H3;2*3H2,1-2H3;1-2H3;1H4. The molecule has 0 amide bonds. The van der Waals surface area contributed by atoms with Crippen molar-refractivity contribution >= 4 is 0 Å². The fourth-order valence-electron chi connectivity index (χ4n) is 1.10. The molecule has 0 rings (SSSR count). The average Bonchev–Trinajstić information content (AvgIpc) is 2.81. The highest BCUT2D eigenvalue weighted by Gasteiger charge is 2.06. The second kappa shape index (κ2) is 59.4. The van der Waals surface area contributed by atoms with E-state index in [-0.39, 0.29) is 7.43 Å². The highest BCUT2D eigenvalue weighted by Crippen LogP contribution is 2.19. The van der Waals surface area contributed by atoms with Crippen LogP contribution in [0, 0.1) is 22.2 Å². The molecule has 0 spiro atoms. The fourth-order valence-corrected chi connectivity index (χ4v) is 1.10. The molecule has 0 aromatic carbocycles. The van der Waals surface area contributed by atoms with E-state index in [0.29, 0.717) is 16.2 Å². The van der Waals surface area contributed by atoms with Gasteiger partial charge in [0.15, 0.2) is 0 Å². The Morgan fingerprint density at radius 3 is 0.561 bits per heavy atom. The van der Waals surface area contributed by atoms with Crippen LogP contribution in [0.25, 0.3) is 0 Å². The van der Waals surface area contributed by atoms with Crippen molar-refractivity contribution in [1.82, 2.24) is 0 Å². The van der Waals surface area contributed by atoms with Gasteiger partial charge in [0.05, 0.1) is 0 Å². The Morgan fingerprint density at radius 1 is 0.390 bits per heavy atom. The quantitative estimate of drug-likeness (QED) is 0.303. The predicted octanol–water partition coefficient (Wildman–Crippen LogP) is 17.9. The Balaban J connectivity index is -0.0000000336. The van der Waals surface area contributed by atoms with Crippen LogP contribution in [0.5, 0.6) is 0 Å². The SMILES string of the molecule is C.CC.CC(C)C.CCC.CCC.CCC(C)(C)C.CCC(C)(C)C.CCCC.CCCC(C)(C)C.CCCCC. The van der Waals surface area contributed by atoms with Crippen molar-refractivity contribution in [3.8, 4) is 0 Å². The van der Waals surface area contributed by atoms with E-state index in [1.165, 1.54) is 70.6 Å². The van der Waals surface area contributed by atoms with E-state index in [2.05, 4.69) is 159 Å². The van der Waals surface area contributed by atoms with E-state index >= 15 is 0 Å². The van der Waals surface area contributed by atoms with Crippen molar-refractivity contribution in [2.75, 3.05) is 0 Å². The van der Waals surface area contributed by atoms with Crippen molar-refractivity contribution in [1.29, 1.82) is 0 Å². The minimum Gasteiger partial charge on any atom is -0.0776 e. The van der Waals surface area contributed by atoms with Crippen LogP contribution >= 0.6 is 0 Å². The van der Waals surface area contributed by atoms with Crippen molar-refractivity contribution in [2.45, 2.75) is 251 Å². The molecule has 0 unspecified atom stereocenters. The second-order valence-electron chi connectivity index (χ2n) is 14.6. The summed E-state index contributed by atoms with van der Waals surface area (Å²) in [4.78, 5) is 0. The van der Waals surface area contributed by atoms with Crippen LogP contribution < -0.4 is 0 Å². The highest BCUT2D eigenvalue weighted by molar-refractivity contribution is 4.58. The molecule has 0 heterocycles. The Labute approximate surface area is 272 Å². The molecule has 0 atom stereocenters. The first-order valence-corrected chi connectivity index (χ1v) is 18.1. The van der Waals surface area contributed by atoms with Gasteiger partial charge in [-0.25, -0.2) is 0 Å². The van der Waals surface area contributed by atoms with Gasteiger partial charge in [0.1, 0.15) is 0 Å². The van der Waals surface area contributed by atoms with Gasteiger partial charge in [-0.15, -0.1) is 0 Å². The van der Waals surface area contributed by atoms with E-state index in [1.54, 1.807) is 0 Å². The summed E-state index contributed by atoms with van der Waals surface area (Å²) in [7, 11) is 0. The van der Waals surface area contributed by atoms with Crippen molar-refractivity contribution in [3.05, 3.63) is 0 Å². The summed E-state index contributed by atoms with van der Waals surface area (Å²) in [5.41, 5.74) is 1.63. The topological polar surface area (TPSA) is 0 Å². The fraction of sp³-hybridized carbons (Fsp3) is 1.00. The van der Waals surface area contributed by atoms with Crippen molar-refractivity contribution in [2.24, 2.45) is 22.2 Å². The summed E-state index contributed by atoms with van der Waals surface area (Å²) in [5.74, 6) is 0.833. The van der Waals surface area contributed by atoms with Gasteiger partial charge in [-0.3, -0.25) is 0 Å². The van der Waals surface area contributed by atoms with Crippen LogP contribution in [-0.2, 0) is 0 Å². The molecule has 0 heteroatoms. The lowest BCUT2D eigenvalue weighted by molar-refractivity contribution is 0.373. The molecule has 0 aromatic rings. The first-order valence-electron chi connectivity index (χ1n) is 18.1. The Bertz CT molecular complexity index is 267. The zero-order valence-electron chi connectivity index (χ0n) is 34.9. The lowest BCUT2D eigenvalue weighted by atomic mass is 9.91. The van der Waals surface area contributed by atoms with Gasteiger partial charge in [-0.1, -0.05) is 245 Å². The van der Waals surface area contributed by atoms with Gasteiger partial charge in [0.25, 0.3) is 0 Å². The molecule has 0 fully saturated rings. The van der Waals surface area contributed by atoms with E-state index in [9.17, 15) is 0 Å². The largest absolute Gasteiger partial charge is 0.0776 e. The molecular formula is C41H102. The Kier molecular flexibility index (Phi) is 98.9. The number of rotatable bonds is 4. The molecule has 0 radical (unpaired) electrons. The number of hydrogen-bond donors (Lipinski definition) is 0. The molecule has 0 saturated heterocycles. The zero-order chi connectivity index (χ0) is 34.9. The molecule has 0 aliphatic rings. The minimum absolute atomic E-state index is 0. The van der Waals surface area contributed by atoms with Crippen molar-refractivity contribution in [3.63, 3.8) is 0 Å². The maximum absolute atomic E-state index is 2.27. The third-order valence-corrected chi connectivity index (χ3v) is 4.33. The first kappa shape index (κ1) is 68.3. The lowest BCUT2D eigenvalue weighted by Crippen LogP contribution is -2.02. The van der Waals surface area contributed by atoms with Crippen LogP contribution in [0.4, 0.5) is 0 Å². The van der Waals surface area contributed by atoms with Gasteiger partial charge in [0, 0.05) is 0 Å². The van der Waals surface area contributed by atoms with E-state index < -0.39 is 0 Å². The summed E-state index contributed by atoms with van der Waals surface area (Å²) >= 11 is 0. The molecule has 0 aliphatic heterocycles. The maximum Gasteiger partial charge on any atom is -0.0383 e. The number of unbranched alkanes of at least 4 members (excludes halogenated alkanes) is 3. The maximum atomic E-state index is 2.27. The van der Waals surface area contributed by atoms with Crippen LogP contribution in [0.2, 0.25) is 0 Å². The minimum atomic E-state index is 0. The van der Waals surface area contributed by atoms with Crippen LogP contribution in [0.1, 0.15) is 251 Å². The molecule has 0 bridgehead atoms. The average molecular weight is 595 g/mol. The summed E-state index contributed by atoms with van der Waals surface area (Å²) in [6.07, 6.45) is 14.4. The van der Waals surface area contributed by atoms with Gasteiger partial charge in [-0.2, -0.15) is 0 Å². The van der Waals surface area contributed by atoms with E-state index in [4.69, 9.17) is 0 Å². The predicted molar refractivity (Wildman–Crippen MR) is 210 cm³/mol. The van der Waals surface area contributed by atoms with Gasteiger partial charge in [-0.05, 0) is 28.6 Å². The molecule has 0 aromatic heterocycles. The Morgan fingerprint density at radius 2 is 0.561 bits per heavy atom. The normalized spacial score (nSPS) is 9.22. The first-order chi connectivity index (χ1) is 18.1. The van der Waals surface area contributed by atoms with Crippen molar-refractivity contribution < 1.29 is 0 Å². The van der Waals surface area contributed by atoms with Gasteiger partial charge in [0.2, 0.25) is 0 Å². The third kappa shape index (κ3) is 342. The summed E-state index contributed by atoms with van der Waals surface area (Å²) < 4.78 is 0. The zero-order valence-corrected chi connectivity index (χ0v) is 34.9. The van der Waals surface area contributed by atoms with Crippen LogP contribution in [-0.4, -0.2) is 0 Å². The molecule has 41 heavy (non-hydrogen) atoms. The van der Waals surface area contributed by atoms with Gasteiger partial charge >= 0.3 is 0 Å². The lowest BCUT2D eigenvalue weighted by Gasteiger charge is -2.15. The van der Waals surface area contributed by atoms with Gasteiger partial charge < -0.3 is 0 Å². The Hall–Kier alpha value is 0. The highest BCUT2D eigenvalue weighted by atomic mass is 14.1. The van der Waals surface area contributed by atoms with E-state index in [0.717, 1.165) is 5.92 Å². The molecule has 0 saturated carbocycles. The number of hydrogen-bond acceptors (Lipinski definition) is 0. The molecular weight excluding hydrogens is 492 g/mol.